The molecule has 2 N–H and O–H groups in total. The summed E-state index contributed by atoms with van der Waals surface area (Å²) in [5, 5.41) is 0. The Kier molecular flexibility index (Phi) is 7.44. The van der Waals surface area contributed by atoms with E-state index in [-0.39, 0.29) is 24.4 Å². The number of carbonyl (C=O) groups is 1. The Morgan fingerprint density at radius 3 is 2.56 bits per heavy atom. The second-order valence-corrected chi connectivity index (χ2v) is 6.91. The molecule has 0 aromatic heterocycles. The molecule has 1 heterocycles. The van der Waals surface area contributed by atoms with Crippen LogP contribution in [0.4, 0.5) is 0 Å². The molecule has 25 heavy (non-hydrogen) atoms. The van der Waals surface area contributed by atoms with E-state index in [0.717, 1.165) is 15.6 Å². The summed E-state index contributed by atoms with van der Waals surface area (Å²) in [7, 11) is 0. The van der Waals surface area contributed by atoms with Gasteiger partial charge in [-0.2, -0.15) is 0 Å². The highest BCUT2D eigenvalue weighted by Crippen LogP contribution is 2.24. The summed E-state index contributed by atoms with van der Waals surface area (Å²) in [6.07, 6.45) is 0.458. The molecule has 1 aliphatic heterocycles. The zero-order chi connectivity index (χ0) is 16.9. The maximum Gasteiger partial charge on any atom is 0.240 e. The Balaban J connectivity index is 0.00000225. The van der Waals surface area contributed by atoms with Crippen molar-refractivity contribution in [3.8, 4) is 0 Å². The maximum absolute atomic E-state index is 12.7. The largest absolute Gasteiger partial charge is 0.370 e. The van der Waals surface area contributed by atoms with Crippen molar-refractivity contribution < 1.29 is 9.53 Å². The SMILES string of the molecule is Cl.N[C@@H](Cc1ccccc1)C(=O)N1CCOC(c2ccc(Br)cc2)C1. The van der Waals surface area contributed by atoms with E-state index in [1.165, 1.54) is 0 Å². The third-order valence-electron chi connectivity index (χ3n) is 4.24. The number of nitrogens with zero attached hydrogens (tertiary/aromatic N) is 1. The molecule has 4 nitrogen and oxygen atoms in total. The van der Waals surface area contributed by atoms with Crippen LogP contribution in [-0.2, 0) is 16.0 Å². The van der Waals surface area contributed by atoms with Gasteiger partial charge in [0.25, 0.3) is 0 Å². The molecule has 2 atom stereocenters. The number of nitrogens with two attached hydrogens (primary N) is 1. The number of carbonyl (C=O) groups excluding carboxylic acids is 1. The van der Waals surface area contributed by atoms with Crippen molar-refractivity contribution in [3.63, 3.8) is 0 Å². The molecular formula is C19H22BrClN2O2. The molecule has 2 aromatic carbocycles. The number of halogens is 2. The van der Waals surface area contributed by atoms with Crippen molar-refractivity contribution in [1.82, 2.24) is 4.90 Å². The molecule has 3 rings (SSSR count). The van der Waals surface area contributed by atoms with Crippen LogP contribution in [-0.4, -0.2) is 36.5 Å². The second-order valence-electron chi connectivity index (χ2n) is 5.99. The third kappa shape index (κ3) is 5.28. The van der Waals surface area contributed by atoms with Crippen LogP contribution in [0.2, 0.25) is 0 Å². The summed E-state index contributed by atoms with van der Waals surface area (Å²) >= 11 is 3.43. The predicted octanol–water partition coefficient (Wildman–Crippen LogP) is 3.34. The second kappa shape index (κ2) is 9.34. The Labute approximate surface area is 162 Å². The van der Waals surface area contributed by atoms with Gasteiger partial charge in [-0.25, -0.2) is 0 Å². The van der Waals surface area contributed by atoms with Crippen LogP contribution in [0, 0.1) is 0 Å². The lowest BCUT2D eigenvalue weighted by molar-refractivity contribution is -0.140. The highest BCUT2D eigenvalue weighted by molar-refractivity contribution is 9.10. The Morgan fingerprint density at radius 2 is 1.88 bits per heavy atom. The quantitative estimate of drug-likeness (QED) is 0.817. The zero-order valence-electron chi connectivity index (χ0n) is 13.8. The number of rotatable bonds is 4. The van der Waals surface area contributed by atoms with Gasteiger partial charge in [0.05, 0.1) is 19.2 Å². The smallest absolute Gasteiger partial charge is 0.240 e. The lowest BCUT2D eigenvalue weighted by atomic mass is 10.0. The molecule has 134 valence electrons. The predicted molar refractivity (Wildman–Crippen MR) is 105 cm³/mol. The molecule has 1 aliphatic rings. The Hall–Kier alpha value is -1.40. The molecule has 0 aliphatic carbocycles. The van der Waals surface area contributed by atoms with Crippen LogP contribution < -0.4 is 5.73 Å². The van der Waals surface area contributed by atoms with Crippen molar-refractivity contribution in [2.45, 2.75) is 18.6 Å². The van der Waals surface area contributed by atoms with E-state index in [1.54, 1.807) is 0 Å². The lowest BCUT2D eigenvalue weighted by Gasteiger charge is -2.34. The van der Waals surface area contributed by atoms with E-state index in [9.17, 15) is 4.79 Å². The van der Waals surface area contributed by atoms with E-state index < -0.39 is 6.04 Å². The van der Waals surface area contributed by atoms with Gasteiger partial charge in [-0.3, -0.25) is 4.79 Å². The molecule has 0 spiro atoms. The van der Waals surface area contributed by atoms with Gasteiger partial charge in [-0.15, -0.1) is 12.4 Å². The van der Waals surface area contributed by atoms with E-state index in [4.69, 9.17) is 10.5 Å². The van der Waals surface area contributed by atoms with E-state index >= 15 is 0 Å². The number of morpholine rings is 1. The van der Waals surface area contributed by atoms with E-state index in [0.29, 0.717) is 26.1 Å². The number of amides is 1. The van der Waals surface area contributed by atoms with Gasteiger partial charge in [0.2, 0.25) is 5.91 Å². The minimum atomic E-state index is -0.518. The first-order valence-corrected chi connectivity index (χ1v) is 8.88. The van der Waals surface area contributed by atoms with Gasteiger partial charge < -0.3 is 15.4 Å². The number of hydrogen-bond donors (Lipinski definition) is 1. The van der Waals surface area contributed by atoms with Gasteiger partial charge in [-0.1, -0.05) is 58.4 Å². The summed E-state index contributed by atoms with van der Waals surface area (Å²) in [6, 6.07) is 17.4. The van der Waals surface area contributed by atoms with Crippen LogP contribution in [0.25, 0.3) is 0 Å². The van der Waals surface area contributed by atoms with Crippen molar-refractivity contribution in [1.29, 1.82) is 0 Å². The van der Waals surface area contributed by atoms with Gasteiger partial charge >= 0.3 is 0 Å². The van der Waals surface area contributed by atoms with Crippen molar-refractivity contribution in [2.24, 2.45) is 5.73 Å². The van der Waals surface area contributed by atoms with E-state index in [2.05, 4.69) is 15.9 Å². The Morgan fingerprint density at radius 1 is 1.20 bits per heavy atom. The monoisotopic (exact) mass is 424 g/mol. The van der Waals surface area contributed by atoms with Gasteiger partial charge in [-0.05, 0) is 29.7 Å². The average Bonchev–Trinajstić information content (AvgIpc) is 2.62. The zero-order valence-corrected chi connectivity index (χ0v) is 16.2. The normalized spacial score (nSPS) is 18.3. The van der Waals surface area contributed by atoms with Gasteiger partial charge in [0, 0.05) is 11.0 Å². The lowest BCUT2D eigenvalue weighted by Crippen LogP contribution is -2.50. The fraction of sp³-hybridized carbons (Fsp3) is 0.316. The van der Waals surface area contributed by atoms with Crippen LogP contribution in [0.15, 0.2) is 59.1 Å². The van der Waals surface area contributed by atoms with Gasteiger partial charge in [0.15, 0.2) is 0 Å². The fourth-order valence-corrected chi connectivity index (χ4v) is 3.18. The summed E-state index contributed by atoms with van der Waals surface area (Å²) in [6.45, 7) is 1.67. The summed E-state index contributed by atoms with van der Waals surface area (Å²) in [4.78, 5) is 14.5. The highest BCUT2D eigenvalue weighted by Gasteiger charge is 2.28. The molecule has 0 bridgehead atoms. The first-order valence-electron chi connectivity index (χ1n) is 8.09. The van der Waals surface area contributed by atoms with Gasteiger partial charge in [0.1, 0.15) is 6.10 Å². The number of hydrogen-bond acceptors (Lipinski definition) is 3. The van der Waals surface area contributed by atoms with Crippen LogP contribution in [0.1, 0.15) is 17.2 Å². The first kappa shape index (κ1) is 19.9. The Bertz CT molecular complexity index is 682. The van der Waals surface area contributed by atoms with Crippen molar-refractivity contribution >= 4 is 34.2 Å². The minimum absolute atomic E-state index is 0. The van der Waals surface area contributed by atoms with Crippen LogP contribution in [0.5, 0.6) is 0 Å². The van der Waals surface area contributed by atoms with Crippen molar-refractivity contribution in [3.05, 3.63) is 70.2 Å². The molecule has 1 fully saturated rings. The first-order chi connectivity index (χ1) is 11.6. The molecule has 2 aromatic rings. The van der Waals surface area contributed by atoms with Crippen LogP contribution >= 0.6 is 28.3 Å². The minimum Gasteiger partial charge on any atom is -0.370 e. The molecule has 1 amide bonds. The van der Waals surface area contributed by atoms with Crippen LogP contribution in [0.3, 0.4) is 0 Å². The number of benzene rings is 2. The molecule has 0 radical (unpaired) electrons. The molecule has 1 unspecified atom stereocenters. The standard InChI is InChI=1S/C19H21BrN2O2.ClH/c20-16-8-6-15(7-9-16)18-13-22(10-11-24-18)19(23)17(21)12-14-4-2-1-3-5-14;/h1-9,17-18H,10-13,21H2;1H/t17-,18?;/m0./s1. The average molecular weight is 426 g/mol. The number of ether oxygens (including phenoxy) is 1. The van der Waals surface area contributed by atoms with Crippen molar-refractivity contribution in [2.75, 3.05) is 19.7 Å². The third-order valence-corrected chi connectivity index (χ3v) is 4.76. The summed E-state index contributed by atoms with van der Waals surface area (Å²) in [5.74, 6) is -0.00994. The summed E-state index contributed by atoms with van der Waals surface area (Å²) < 4.78 is 6.86. The fourth-order valence-electron chi connectivity index (χ4n) is 2.92. The topological polar surface area (TPSA) is 55.6 Å². The molecule has 0 saturated carbocycles. The molecule has 1 saturated heterocycles. The molecule has 6 heteroatoms. The molecular weight excluding hydrogens is 404 g/mol. The van der Waals surface area contributed by atoms with E-state index in [1.807, 2.05) is 59.5 Å². The summed E-state index contributed by atoms with van der Waals surface area (Å²) in [5.41, 5.74) is 8.30. The maximum atomic E-state index is 12.7. The highest BCUT2D eigenvalue weighted by atomic mass is 79.9.